The van der Waals surface area contributed by atoms with Crippen molar-refractivity contribution in [3.05, 3.63) is 85.1 Å². The maximum absolute atomic E-state index is 12.3. The lowest BCUT2D eigenvalue weighted by molar-refractivity contribution is -0.121. The number of amides is 1. The van der Waals surface area contributed by atoms with Gasteiger partial charge in [0.1, 0.15) is 0 Å². The lowest BCUT2D eigenvalue weighted by Crippen LogP contribution is -2.46. The van der Waals surface area contributed by atoms with E-state index >= 15 is 0 Å². The third-order valence-corrected chi connectivity index (χ3v) is 6.11. The third kappa shape index (κ3) is 25.2. The van der Waals surface area contributed by atoms with Gasteiger partial charge in [-0.1, -0.05) is 112 Å². The first-order chi connectivity index (χ1) is 18.3. The summed E-state index contributed by atoms with van der Waals surface area (Å²) < 4.78 is 32.0. The van der Waals surface area contributed by atoms with Crippen molar-refractivity contribution in [1.29, 1.82) is 0 Å². The summed E-state index contributed by atoms with van der Waals surface area (Å²) in [5.41, 5.74) is 0. The molecule has 0 aliphatic heterocycles. The zero-order chi connectivity index (χ0) is 28.3. The van der Waals surface area contributed by atoms with Crippen LogP contribution in [0.15, 0.2) is 85.1 Å². The van der Waals surface area contributed by atoms with E-state index in [0.717, 1.165) is 51.4 Å². The molecule has 0 saturated carbocycles. The molecule has 214 valence electrons. The molecule has 2 unspecified atom stereocenters. The molecule has 0 spiro atoms. The van der Waals surface area contributed by atoms with Gasteiger partial charge >= 0.3 is 0 Å². The molecule has 0 aromatic carbocycles. The van der Waals surface area contributed by atoms with E-state index in [4.69, 9.17) is 0 Å². The second kappa shape index (κ2) is 24.8. The number of aliphatic hydroxyl groups excluding tert-OH is 1. The number of carbonyl (C=O) groups is 1. The van der Waals surface area contributed by atoms with Crippen LogP contribution in [-0.4, -0.2) is 41.9 Å². The minimum absolute atomic E-state index is 0.0501. The smallest absolute Gasteiger partial charge is 0.267 e. The van der Waals surface area contributed by atoms with Gasteiger partial charge in [-0.05, 0) is 51.4 Å². The molecule has 2 atom stereocenters. The lowest BCUT2D eigenvalue weighted by atomic mass is 10.1. The van der Waals surface area contributed by atoms with Crippen molar-refractivity contribution < 1.29 is 22.9 Å². The maximum Gasteiger partial charge on any atom is 0.267 e. The largest absolute Gasteiger partial charge is 0.387 e. The number of nitrogens with one attached hydrogen (secondary N) is 1. The Kier molecular flexibility index (Phi) is 23.2. The molecule has 6 nitrogen and oxygen atoms in total. The lowest BCUT2D eigenvalue weighted by Gasteiger charge is -2.20. The van der Waals surface area contributed by atoms with E-state index in [9.17, 15) is 22.9 Å². The molecular weight excluding hydrogens is 498 g/mol. The molecule has 38 heavy (non-hydrogen) atoms. The summed E-state index contributed by atoms with van der Waals surface area (Å²) >= 11 is 0. The minimum atomic E-state index is -4.37. The number of hydrogen-bond acceptors (Lipinski definition) is 4. The number of aliphatic hydroxyl groups is 1. The number of carbonyl (C=O) groups excluding carboxylic acids is 1. The highest BCUT2D eigenvalue weighted by molar-refractivity contribution is 7.85. The number of allylic oxidation sites excluding steroid dienone is 12. The Labute approximate surface area is 231 Å². The van der Waals surface area contributed by atoms with Crippen LogP contribution < -0.4 is 5.32 Å². The van der Waals surface area contributed by atoms with Crippen LogP contribution in [0, 0.1) is 0 Å². The van der Waals surface area contributed by atoms with E-state index in [1.54, 1.807) is 12.2 Å². The first-order valence-corrected chi connectivity index (χ1v) is 15.4. The van der Waals surface area contributed by atoms with E-state index in [-0.39, 0.29) is 6.42 Å². The molecule has 0 aliphatic carbocycles. The van der Waals surface area contributed by atoms with Gasteiger partial charge < -0.3 is 10.4 Å². The second-order valence-electron chi connectivity index (χ2n) is 8.94. The SMILES string of the molecule is CC/C=C\C/C=C\C/C=C\C/C=C\C/C=C\CC(=O)NC(CS(=O)(=O)O)C(O)/C=C/CC/C=C/CCCC. The molecule has 0 saturated heterocycles. The molecular formula is C31H49NO5S. The summed E-state index contributed by atoms with van der Waals surface area (Å²) in [7, 11) is -4.37. The topological polar surface area (TPSA) is 104 Å². The molecule has 0 fully saturated rings. The van der Waals surface area contributed by atoms with E-state index in [0.29, 0.717) is 12.8 Å². The van der Waals surface area contributed by atoms with Gasteiger partial charge in [0, 0.05) is 6.42 Å². The fourth-order valence-corrected chi connectivity index (χ4v) is 4.01. The molecule has 0 heterocycles. The van der Waals surface area contributed by atoms with E-state index in [1.807, 2.05) is 12.2 Å². The average Bonchev–Trinajstić information content (AvgIpc) is 2.86. The van der Waals surface area contributed by atoms with E-state index < -0.39 is 33.9 Å². The summed E-state index contributed by atoms with van der Waals surface area (Å²) in [6, 6.07) is -1.13. The molecule has 0 aromatic rings. The van der Waals surface area contributed by atoms with Crippen LogP contribution in [0.2, 0.25) is 0 Å². The fraction of sp³-hybridized carbons (Fsp3) is 0.516. The standard InChI is InChI=1S/C31H49NO5S/c1-3-5-7-9-11-13-14-15-16-17-18-19-21-23-25-27-31(34)32-29(28-38(35,36)37)30(33)26-24-22-20-12-10-8-6-4-2/h5,7,10-13,15-16,18-19,23-26,29-30,33H,3-4,6,8-9,14,17,20-22,27-28H2,1-2H3,(H,32,34)(H,35,36,37)/b7-5-,12-10+,13-11-,16-15-,19-18-,25-23-,26-24+. The van der Waals surface area contributed by atoms with Crippen LogP contribution in [0.1, 0.15) is 84.5 Å². The van der Waals surface area contributed by atoms with Crippen molar-refractivity contribution in [3.8, 4) is 0 Å². The zero-order valence-electron chi connectivity index (χ0n) is 23.3. The Balaban J connectivity index is 4.38. The zero-order valence-corrected chi connectivity index (χ0v) is 24.1. The summed E-state index contributed by atoms with van der Waals surface area (Å²) in [5, 5.41) is 12.9. The number of rotatable bonds is 22. The molecule has 3 N–H and O–H groups in total. The Bertz CT molecular complexity index is 911. The molecule has 0 aliphatic rings. The van der Waals surface area contributed by atoms with Gasteiger partial charge in [0.2, 0.25) is 5.91 Å². The summed E-state index contributed by atoms with van der Waals surface area (Å²) in [6.07, 6.45) is 36.1. The highest BCUT2D eigenvalue weighted by atomic mass is 32.2. The predicted octanol–water partition coefficient (Wildman–Crippen LogP) is 6.94. The highest BCUT2D eigenvalue weighted by Crippen LogP contribution is 2.05. The molecule has 0 bridgehead atoms. The molecule has 0 rings (SSSR count). The Hall–Kier alpha value is -2.48. The normalized spacial score (nSPS) is 14.9. The summed E-state index contributed by atoms with van der Waals surface area (Å²) in [4.78, 5) is 12.3. The molecule has 0 radical (unpaired) electrons. The van der Waals surface area contributed by atoms with Gasteiger partial charge in [0.15, 0.2) is 0 Å². The van der Waals surface area contributed by atoms with Crippen LogP contribution in [0.5, 0.6) is 0 Å². The van der Waals surface area contributed by atoms with Crippen molar-refractivity contribution in [3.63, 3.8) is 0 Å². The Morgan fingerprint density at radius 1 is 0.737 bits per heavy atom. The summed E-state index contributed by atoms with van der Waals surface area (Å²) in [6.45, 7) is 4.26. The molecule has 0 aromatic heterocycles. The van der Waals surface area contributed by atoms with Gasteiger partial charge in [-0.3, -0.25) is 9.35 Å². The maximum atomic E-state index is 12.3. The monoisotopic (exact) mass is 547 g/mol. The van der Waals surface area contributed by atoms with Crippen molar-refractivity contribution in [2.24, 2.45) is 0 Å². The van der Waals surface area contributed by atoms with Crippen LogP contribution in [-0.2, 0) is 14.9 Å². The van der Waals surface area contributed by atoms with Crippen LogP contribution >= 0.6 is 0 Å². The van der Waals surface area contributed by atoms with Crippen LogP contribution in [0.4, 0.5) is 0 Å². The van der Waals surface area contributed by atoms with Gasteiger partial charge in [-0.25, -0.2) is 0 Å². The third-order valence-electron chi connectivity index (χ3n) is 5.33. The first-order valence-electron chi connectivity index (χ1n) is 13.8. The van der Waals surface area contributed by atoms with Crippen LogP contribution in [0.3, 0.4) is 0 Å². The first kappa shape index (κ1) is 35.5. The van der Waals surface area contributed by atoms with E-state index in [1.165, 1.54) is 6.08 Å². The van der Waals surface area contributed by atoms with Crippen molar-refractivity contribution in [1.82, 2.24) is 5.32 Å². The highest BCUT2D eigenvalue weighted by Gasteiger charge is 2.24. The number of hydrogen-bond donors (Lipinski definition) is 3. The fourth-order valence-electron chi connectivity index (χ4n) is 3.28. The van der Waals surface area contributed by atoms with Crippen molar-refractivity contribution in [2.45, 2.75) is 96.6 Å². The van der Waals surface area contributed by atoms with E-state index in [2.05, 4.69) is 73.8 Å². The van der Waals surface area contributed by atoms with Crippen LogP contribution in [0.25, 0.3) is 0 Å². The molecule has 7 heteroatoms. The summed E-state index contributed by atoms with van der Waals surface area (Å²) in [5.74, 6) is -1.18. The van der Waals surface area contributed by atoms with Gasteiger partial charge in [0.25, 0.3) is 10.1 Å². The van der Waals surface area contributed by atoms with Crippen molar-refractivity contribution in [2.75, 3.05) is 5.75 Å². The second-order valence-corrected chi connectivity index (χ2v) is 10.4. The van der Waals surface area contributed by atoms with Gasteiger partial charge in [-0.2, -0.15) is 8.42 Å². The van der Waals surface area contributed by atoms with Crippen molar-refractivity contribution >= 4 is 16.0 Å². The quantitative estimate of drug-likeness (QED) is 0.0773. The van der Waals surface area contributed by atoms with Gasteiger partial charge in [0.05, 0.1) is 17.9 Å². The number of unbranched alkanes of at least 4 members (excludes halogenated alkanes) is 3. The predicted molar refractivity (Wildman–Crippen MR) is 160 cm³/mol. The Morgan fingerprint density at radius 2 is 1.24 bits per heavy atom. The minimum Gasteiger partial charge on any atom is -0.387 e. The average molecular weight is 548 g/mol. The molecule has 1 amide bonds. The Morgan fingerprint density at radius 3 is 1.76 bits per heavy atom. The van der Waals surface area contributed by atoms with Gasteiger partial charge in [-0.15, -0.1) is 0 Å².